The Morgan fingerprint density at radius 2 is 2.12 bits per heavy atom. The van der Waals surface area contributed by atoms with Crippen molar-refractivity contribution in [2.24, 2.45) is 5.92 Å². The van der Waals surface area contributed by atoms with E-state index >= 15 is 0 Å². The summed E-state index contributed by atoms with van der Waals surface area (Å²) in [6.07, 6.45) is 5.18. The molecule has 0 heterocycles. The summed E-state index contributed by atoms with van der Waals surface area (Å²) in [5.41, 5.74) is 3.06. The molecule has 0 aliphatic heterocycles. The van der Waals surface area contributed by atoms with Crippen molar-refractivity contribution in [2.45, 2.75) is 51.5 Å². The van der Waals surface area contributed by atoms with Crippen LogP contribution < -0.4 is 5.32 Å². The van der Waals surface area contributed by atoms with Crippen LogP contribution in [0.5, 0.6) is 0 Å². The quantitative estimate of drug-likeness (QED) is 0.832. The van der Waals surface area contributed by atoms with Gasteiger partial charge in [-0.3, -0.25) is 0 Å². The summed E-state index contributed by atoms with van der Waals surface area (Å²) in [6, 6.07) is 9.98. The van der Waals surface area contributed by atoms with E-state index in [0.717, 1.165) is 17.9 Å². The highest BCUT2D eigenvalue weighted by Crippen LogP contribution is 2.34. The van der Waals surface area contributed by atoms with Crippen LogP contribution in [0.3, 0.4) is 0 Å². The Kier molecular flexibility index (Phi) is 4.22. The molecule has 1 aromatic carbocycles. The van der Waals surface area contributed by atoms with Gasteiger partial charge in [0.05, 0.1) is 0 Å². The molecule has 0 bridgehead atoms. The molecule has 17 heavy (non-hydrogen) atoms. The lowest BCUT2D eigenvalue weighted by molar-refractivity contribution is 0.571. The average molecular weight is 231 g/mol. The van der Waals surface area contributed by atoms with E-state index in [9.17, 15) is 0 Å². The third-order valence-electron chi connectivity index (χ3n) is 3.91. The molecule has 1 nitrogen and oxygen atoms in total. The number of rotatable bonds is 4. The van der Waals surface area contributed by atoms with Crippen LogP contribution in [-0.2, 0) is 6.42 Å². The first kappa shape index (κ1) is 12.6. The monoisotopic (exact) mass is 231 g/mol. The Labute approximate surface area is 106 Å². The smallest absolute Gasteiger partial charge is 0.00701 e. The lowest BCUT2D eigenvalue weighted by Gasteiger charge is -2.13. The lowest BCUT2D eigenvalue weighted by atomic mass is 9.93. The topological polar surface area (TPSA) is 12.0 Å². The van der Waals surface area contributed by atoms with Gasteiger partial charge in [0.1, 0.15) is 0 Å². The molecule has 0 radical (unpaired) electrons. The summed E-state index contributed by atoms with van der Waals surface area (Å²) in [5.74, 6) is 1.53. The fourth-order valence-corrected chi connectivity index (χ4v) is 2.99. The molecule has 2 unspecified atom stereocenters. The molecule has 1 aliphatic rings. The van der Waals surface area contributed by atoms with Gasteiger partial charge in [0.15, 0.2) is 0 Å². The normalized spacial score (nSPS) is 24.5. The van der Waals surface area contributed by atoms with Gasteiger partial charge in [0.2, 0.25) is 0 Å². The van der Waals surface area contributed by atoms with Gasteiger partial charge >= 0.3 is 0 Å². The van der Waals surface area contributed by atoms with Gasteiger partial charge in [0, 0.05) is 6.04 Å². The zero-order valence-electron chi connectivity index (χ0n) is 11.4. The molecule has 2 rings (SSSR count). The third kappa shape index (κ3) is 3.32. The highest BCUT2D eigenvalue weighted by atomic mass is 14.9. The Bertz CT molecular complexity index is 356. The van der Waals surface area contributed by atoms with E-state index in [1.54, 1.807) is 5.56 Å². The van der Waals surface area contributed by atoms with Crippen molar-refractivity contribution >= 4 is 0 Å². The molecule has 0 amide bonds. The van der Waals surface area contributed by atoms with Crippen LogP contribution in [0.4, 0.5) is 0 Å². The number of hydrogen-bond donors (Lipinski definition) is 1. The Morgan fingerprint density at radius 1 is 1.29 bits per heavy atom. The molecule has 0 saturated heterocycles. The summed E-state index contributed by atoms with van der Waals surface area (Å²) in [6.45, 7) is 4.58. The van der Waals surface area contributed by atoms with Gasteiger partial charge in [-0.2, -0.15) is 0 Å². The molecule has 1 saturated carbocycles. The minimum atomic E-state index is 0.730. The predicted octanol–water partition coefficient (Wildman–Crippen LogP) is 3.74. The molecule has 0 aromatic heterocycles. The van der Waals surface area contributed by atoms with Crippen LogP contribution in [0.2, 0.25) is 0 Å². The van der Waals surface area contributed by atoms with Crippen LogP contribution >= 0.6 is 0 Å². The Balaban J connectivity index is 2.06. The first-order valence-electron chi connectivity index (χ1n) is 6.95. The van der Waals surface area contributed by atoms with Crippen molar-refractivity contribution in [3.63, 3.8) is 0 Å². The molecule has 1 heteroatoms. The summed E-state index contributed by atoms with van der Waals surface area (Å²) < 4.78 is 0. The van der Waals surface area contributed by atoms with Gasteiger partial charge in [-0.25, -0.2) is 0 Å². The molecule has 1 aromatic rings. The van der Waals surface area contributed by atoms with Crippen molar-refractivity contribution in [1.29, 1.82) is 0 Å². The van der Waals surface area contributed by atoms with E-state index < -0.39 is 0 Å². The van der Waals surface area contributed by atoms with E-state index in [1.807, 2.05) is 0 Å². The van der Waals surface area contributed by atoms with Crippen LogP contribution in [0.25, 0.3) is 0 Å². The van der Waals surface area contributed by atoms with E-state index in [4.69, 9.17) is 0 Å². The third-order valence-corrected chi connectivity index (χ3v) is 3.91. The van der Waals surface area contributed by atoms with Crippen LogP contribution in [-0.4, -0.2) is 13.1 Å². The highest BCUT2D eigenvalue weighted by molar-refractivity contribution is 5.27. The van der Waals surface area contributed by atoms with Crippen molar-refractivity contribution in [3.8, 4) is 0 Å². The van der Waals surface area contributed by atoms with Gasteiger partial charge in [-0.1, -0.05) is 38.1 Å². The first-order valence-corrected chi connectivity index (χ1v) is 6.95. The largest absolute Gasteiger partial charge is 0.317 e. The lowest BCUT2D eigenvalue weighted by Crippen LogP contribution is -2.21. The number of hydrogen-bond acceptors (Lipinski definition) is 1. The molecular weight excluding hydrogens is 206 g/mol. The zero-order valence-corrected chi connectivity index (χ0v) is 11.4. The van der Waals surface area contributed by atoms with E-state index in [0.29, 0.717) is 0 Å². The second-order valence-corrected chi connectivity index (χ2v) is 5.84. The fourth-order valence-electron chi connectivity index (χ4n) is 2.99. The molecular formula is C16H25N. The second-order valence-electron chi connectivity index (χ2n) is 5.84. The average Bonchev–Trinajstić information content (AvgIpc) is 2.77. The maximum absolute atomic E-state index is 3.41. The van der Waals surface area contributed by atoms with Crippen LogP contribution in [0.1, 0.15) is 50.2 Å². The van der Waals surface area contributed by atoms with Gasteiger partial charge in [0.25, 0.3) is 0 Å². The minimum absolute atomic E-state index is 0.730. The van der Waals surface area contributed by atoms with Crippen molar-refractivity contribution in [2.75, 3.05) is 7.05 Å². The van der Waals surface area contributed by atoms with Crippen molar-refractivity contribution in [1.82, 2.24) is 5.32 Å². The summed E-state index contributed by atoms with van der Waals surface area (Å²) >= 11 is 0. The summed E-state index contributed by atoms with van der Waals surface area (Å²) in [7, 11) is 2.09. The molecule has 1 fully saturated rings. The van der Waals surface area contributed by atoms with E-state index in [1.165, 1.54) is 31.2 Å². The van der Waals surface area contributed by atoms with Gasteiger partial charge in [-0.15, -0.1) is 0 Å². The van der Waals surface area contributed by atoms with E-state index in [2.05, 4.69) is 50.5 Å². The second kappa shape index (κ2) is 5.68. The van der Waals surface area contributed by atoms with Crippen LogP contribution in [0, 0.1) is 5.92 Å². The van der Waals surface area contributed by atoms with Gasteiger partial charge in [-0.05, 0) is 55.7 Å². The van der Waals surface area contributed by atoms with Crippen molar-refractivity contribution < 1.29 is 0 Å². The summed E-state index contributed by atoms with van der Waals surface area (Å²) in [5, 5.41) is 3.41. The maximum Gasteiger partial charge on any atom is 0.00701 e. The summed E-state index contributed by atoms with van der Waals surface area (Å²) in [4.78, 5) is 0. The van der Waals surface area contributed by atoms with Crippen molar-refractivity contribution in [3.05, 3.63) is 35.4 Å². The molecule has 1 aliphatic carbocycles. The number of nitrogens with one attached hydrogen (secondary N) is 1. The molecule has 0 spiro atoms. The SMILES string of the molecule is CNC1CCC(c2cccc(CC(C)C)c2)C1. The predicted molar refractivity (Wildman–Crippen MR) is 74.4 cm³/mol. The van der Waals surface area contributed by atoms with E-state index in [-0.39, 0.29) is 0 Å². The molecule has 94 valence electrons. The highest BCUT2D eigenvalue weighted by Gasteiger charge is 2.24. The number of benzene rings is 1. The Hall–Kier alpha value is -0.820. The first-order chi connectivity index (χ1) is 8.19. The van der Waals surface area contributed by atoms with Gasteiger partial charge < -0.3 is 5.32 Å². The minimum Gasteiger partial charge on any atom is -0.317 e. The maximum atomic E-state index is 3.41. The zero-order chi connectivity index (χ0) is 12.3. The fraction of sp³-hybridized carbons (Fsp3) is 0.625. The molecule has 2 atom stereocenters. The van der Waals surface area contributed by atoms with Crippen LogP contribution in [0.15, 0.2) is 24.3 Å². The Morgan fingerprint density at radius 3 is 2.76 bits per heavy atom. The molecule has 1 N–H and O–H groups in total. The standard InChI is InChI=1S/C16H25N/c1-12(2)9-13-5-4-6-14(10-13)15-7-8-16(11-15)17-3/h4-6,10,12,15-17H,7-9,11H2,1-3H3.